The number of hydrogen-bond donors (Lipinski definition) is 2. The summed E-state index contributed by atoms with van der Waals surface area (Å²) in [5, 5.41) is 5.86. The number of rotatable bonds is 9. The minimum Gasteiger partial charge on any atom is -0.350 e. The predicted octanol–water partition coefficient (Wildman–Crippen LogP) is 3.41. The monoisotopic (exact) mass is 415 g/mol. The molecule has 0 aliphatic heterocycles. The second-order valence-electron chi connectivity index (χ2n) is 7.85. The summed E-state index contributed by atoms with van der Waals surface area (Å²) < 4.78 is 0. The van der Waals surface area contributed by atoms with Gasteiger partial charge in [0.25, 0.3) is 5.91 Å². The van der Waals surface area contributed by atoms with Gasteiger partial charge >= 0.3 is 0 Å². The van der Waals surface area contributed by atoms with E-state index in [-0.39, 0.29) is 11.8 Å². The molecule has 0 heterocycles. The highest BCUT2D eigenvalue weighted by Gasteiger charge is 2.21. The van der Waals surface area contributed by atoms with Crippen LogP contribution in [-0.2, 0) is 24.3 Å². The third kappa shape index (κ3) is 7.08. The Bertz CT molecular complexity index is 971. The van der Waals surface area contributed by atoms with Gasteiger partial charge in [-0.25, -0.2) is 0 Å². The van der Waals surface area contributed by atoms with Crippen LogP contribution in [0.4, 0.5) is 0 Å². The summed E-state index contributed by atoms with van der Waals surface area (Å²) in [5.41, 5.74) is 3.76. The van der Waals surface area contributed by atoms with E-state index < -0.39 is 6.04 Å². The Hall–Kier alpha value is -3.44. The van der Waals surface area contributed by atoms with Crippen LogP contribution >= 0.6 is 0 Å². The zero-order valence-electron chi connectivity index (χ0n) is 18.0. The smallest absolute Gasteiger partial charge is 0.251 e. The normalized spacial score (nSPS) is 11.7. The van der Waals surface area contributed by atoms with Crippen molar-refractivity contribution in [3.8, 4) is 0 Å². The number of benzene rings is 3. The van der Waals surface area contributed by atoms with Crippen LogP contribution in [0.2, 0.25) is 0 Å². The lowest BCUT2D eigenvalue weighted by atomic mass is 10.0. The molecule has 0 unspecified atom stereocenters. The lowest BCUT2D eigenvalue weighted by molar-refractivity contribution is -0.123. The van der Waals surface area contributed by atoms with Crippen LogP contribution in [0.1, 0.15) is 27.0 Å². The quantitative estimate of drug-likeness (QED) is 0.563. The molecule has 3 aromatic carbocycles. The molecule has 0 saturated carbocycles. The Morgan fingerprint density at radius 3 is 1.97 bits per heavy atom. The fourth-order valence-electron chi connectivity index (χ4n) is 3.33. The van der Waals surface area contributed by atoms with Gasteiger partial charge in [0.05, 0.1) is 0 Å². The highest BCUT2D eigenvalue weighted by atomic mass is 16.2. The summed E-state index contributed by atoms with van der Waals surface area (Å²) in [4.78, 5) is 27.7. The molecule has 3 aromatic rings. The van der Waals surface area contributed by atoms with Crippen molar-refractivity contribution in [1.82, 2.24) is 15.5 Å². The molecular weight excluding hydrogens is 386 g/mol. The van der Waals surface area contributed by atoms with Gasteiger partial charge in [-0.1, -0.05) is 72.8 Å². The van der Waals surface area contributed by atoms with Crippen LogP contribution in [0.3, 0.4) is 0 Å². The van der Waals surface area contributed by atoms with Crippen LogP contribution in [0, 0.1) is 0 Å². The lowest BCUT2D eigenvalue weighted by Crippen LogP contribution is -2.47. The zero-order valence-corrected chi connectivity index (χ0v) is 18.0. The third-order valence-electron chi connectivity index (χ3n) is 4.93. The molecule has 2 amide bonds. The molecule has 5 nitrogen and oxygen atoms in total. The maximum atomic E-state index is 13.0. The van der Waals surface area contributed by atoms with Crippen LogP contribution in [0.5, 0.6) is 0 Å². The highest BCUT2D eigenvalue weighted by molar-refractivity contribution is 5.97. The molecule has 2 N–H and O–H groups in total. The first kappa shape index (κ1) is 22.2. The number of nitrogens with zero attached hydrogens (tertiary/aromatic N) is 1. The molecule has 3 rings (SSSR count). The topological polar surface area (TPSA) is 61.4 Å². The van der Waals surface area contributed by atoms with Crippen molar-refractivity contribution in [1.29, 1.82) is 0 Å². The summed E-state index contributed by atoms with van der Waals surface area (Å²) >= 11 is 0. The van der Waals surface area contributed by atoms with Crippen LogP contribution in [-0.4, -0.2) is 36.9 Å². The van der Waals surface area contributed by atoms with Crippen molar-refractivity contribution < 1.29 is 9.59 Å². The van der Waals surface area contributed by atoms with E-state index in [4.69, 9.17) is 0 Å². The van der Waals surface area contributed by atoms with E-state index >= 15 is 0 Å². The van der Waals surface area contributed by atoms with Gasteiger partial charge in [-0.05, 0) is 42.9 Å². The van der Waals surface area contributed by atoms with Gasteiger partial charge in [0, 0.05) is 25.1 Å². The van der Waals surface area contributed by atoms with Gasteiger partial charge < -0.3 is 15.5 Å². The number of nitrogens with one attached hydrogen (secondary N) is 2. The van der Waals surface area contributed by atoms with Crippen molar-refractivity contribution >= 4 is 11.8 Å². The Labute approximate surface area is 184 Å². The van der Waals surface area contributed by atoms with E-state index in [1.807, 2.05) is 62.6 Å². The lowest BCUT2D eigenvalue weighted by Gasteiger charge is -2.19. The molecule has 5 heteroatoms. The van der Waals surface area contributed by atoms with Crippen LogP contribution in [0.15, 0.2) is 84.9 Å². The standard InChI is InChI=1S/C26H29N3O2/c1-29(2)19-22-15-13-21(14-16-22)18-27-26(31)24(17-20-9-5-3-6-10-20)28-25(30)23-11-7-4-8-12-23/h3-16,24H,17-19H2,1-2H3,(H,27,31)(H,28,30)/t24-/m0/s1. The summed E-state index contributed by atoms with van der Waals surface area (Å²) in [5.74, 6) is -0.463. The SMILES string of the molecule is CN(C)Cc1ccc(CNC(=O)[C@H](Cc2ccccc2)NC(=O)c2ccccc2)cc1. The van der Waals surface area contributed by atoms with Crippen molar-refractivity contribution in [2.75, 3.05) is 14.1 Å². The molecule has 0 fully saturated rings. The maximum absolute atomic E-state index is 13.0. The van der Waals surface area contributed by atoms with Gasteiger partial charge in [0.15, 0.2) is 0 Å². The minimum atomic E-state index is -0.664. The Morgan fingerprint density at radius 2 is 1.35 bits per heavy atom. The first-order valence-corrected chi connectivity index (χ1v) is 10.4. The Kier molecular flexibility index (Phi) is 7.96. The number of hydrogen-bond acceptors (Lipinski definition) is 3. The van der Waals surface area contributed by atoms with Crippen LogP contribution < -0.4 is 10.6 Å². The minimum absolute atomic E-state index is 0.203. The average molecular weight is 416 g/mol. The molecule has 160 valence electrons. The van der Waals surface area contributed by atoms with E-state index in [0.717, 1.165) is 17.7 Å². The Morgan fingerprint density at radius 1 is 0.774 bits per heavy atom. The molecule has 0 aliphatic carbocycles. The average Bonchev–Trinajstić information content (AvgIpc) is 2.79. The molecule has 1 atom stereocenters. The van der Waals surface area contributed by atoms with Gasteiger partial charge in [-0.3, -0.25) is 9.59 Å². The third-order valence-corrected chi connectivity index (χ3v) is 4.93. The van der Waals surface area contributed by atoms with E-state index in [1.54, 1.807) is 24.3 Å². The molecule has 31 heavy (non-hydrogen) atoms. The molecule has 0 aliphatic rings. The number of carbonyl (C=O) groups excluding carboxylic acids is 2. The van der Waals surface area contributed by atoms with E-state index in [2.05, 4.69) is 27.7 Å². The molecule has 0 spiro atoms. The largest absolute Gasteiger partial charge is 0.350 e. The predicted molar refractivity (Wildman–Crippen MR) is 124 cm³/mol. The summed E-state index contributed by atoms with van der Waals surface area (Å²) in [6, 6.07) is 26.2. The first-order chi connectivity index (χ1) is 15.0. The summed E-state index contributed by atoms with van der Waals surface area (Å²) in [6.45, 7) is 1.28. The number of carbonyl (C=O) groups is 2. The van der Waals surface area contributed by atoms with E-state index in [0.29, 0.717) is 18.5 Å². The first-order valence-electron chi connectivity index (χ1n) is 10.4. The van der Waals surface area contributed by atoms with Crippen molar-refractivity contribution in [2.24, 2.45) is 0 Å². The van der Waals surface area contributed by atoms with Gasteiger partial charge in [0.2, 0.25) is 5.91 Å². The summed E-state index contributed by atoms with van der Waals surface area (Å²) in [7, 11) is 4.06. The highest BCUT2D eigenvalue weighted by Crippen LogP contribution is 2.08. The fraction of sp³-hybridized carbons (Fsp3) is 0.231. The second kappa shape index (κ2) is 11.1. The molecule has 0 saturated heterocycles. The van der Waals surface area contributed by atoms with E-state index in [9.17, 15) is 9.59 Å². The molecule has 0 radical (unpaired) electrons. The van der Waals surface area contributed by atoms with Gasteiger partial charge in [0.1, 0.15) is 6.04 Å². The van der Waals surface area contributed by atoms with Crippen LogP contribution in [0.25, 0.3) is 0 Å². The Balaban J connectivity index is 1.66. The van der Waals surface area contributed by atoms with Crippen molar-refractivity contribution in [2.45, 2.75) is 25.6 Å². The van der Waals surface area contributed by atoms with E-state index in [1.165, 1.54) is 5.56 Å². The molecule has 0 aromatic heterocycles. The van der Waals surface area contributed by atoms with Crippen molar-refractivity contribution in [3.05, 3.63) is 107 Å². The molecular formula is C26H29N3O2. The second-order valence-corrected chi connectivity index (χ2v) is 7.85. The van der Waals surface area contributed by atoms with Gasteiger partial charge in [-0.2, -0.15) is 0 Å². The zero-order chi connectivity index (χ0) is 22.1. The fourth-order valence-corrected chi connectivity index (χ4v) is 3.33. The van der Waals surface area contributed by atoms with Crippen molar-refractivity contribution in [3.63, 3.8) is 0 Å². The summed E-state index contributed by atoms with van der Waals surface area (Å²) in [6.07, 6.45) is 0.424. The number of amides is 2. The van der Waals surface area contributed by atoms with Gasteiger partial charge in [-0.15, -0.1) is 0 Å². The maximum Gasteiger partial charge on any atom is 0.251 e. The molecule has 0 bridgehead atoms.